The Morgan fingerprint density at radius 1 is 1.24 bits per heavy atom. The standard InChI is InChI=1S/C13H14F3NO3S/c14-13(15,16)11-3-1-10(2-4-11)12(18)17-7-9-5-6-21(19,20)8-9/h1-4,9H,5-8H2,(H,17,18). The van der Waals surface area contributed by atoms with Gasteiger partial charge in [0.25, 0.3) is 5.91 Å². The van der Waals surface area contributed by atoms with Crippen LogP contribution in [0.4, 0.5) is 13.2 Å². The van der Waals surface area contributed by atoms with E-state index in [1.807, 2.05) is 0 Å². The molecular formula is C13H14F3NO3S. The number of halogens is 3. The lowest BCUT2D eigenvalue weighted by molar-refractivity contribution is -0.137. The molecule has 1 fully saturated rings. The van der Waals surface area contributed by atoms with Crippen molar-refractivity contribution in [3.63, 3.8) is 0 Å². The molecule has 116 valence electrons. The predicted molar refractivity (Wildman–Crippen MR) is 70.5 cm³/mol. The van der Waals surface area contributed by atoms with Crippen molar-refractivity contribution in [2.24, 2.45) is 5.92 Å². The number of nitrogens with one attached hydrogen (secondary N) is 1. The molecule has 0 radical (unpaired) electrons. The highest BCUT2D eigenvalue weighted by atomic mass is 32.2. The van der Waals surface area contributed by atoms with Gasteiger partial charge in [0, 0.05) is 12.1 Å². The summed E-state index contributed by atoms with van der Waals surface area (Å²) >= 11 is 0. The fraction of sp³-hybridized carbons (Fsp3) is 0.462. The van der Waals surface area contributed by atoms with E-state index in [9.17, 15) is 26.4 Å². The first kappa shape index (κ1) is 15.8. The molecule has 1 atom stereocenters. The summed E-state index contributed by atoms with van der Waals surface area (Å²) in [5.41, 5.74) is -0.704. The zero-order valence-corrected chi connectivity index (χ0v) is 11.8. The van der Waals surface area contributed by atoms with Crippen LogP contribution in [0.15, 0.2) is 24.3 Å². The summed E-state index contributed by atoms with van der Waals surface area (Å²) in [6.07, 6.45) is -3.94. The van der Waals surface area contributed by atoms with Gasteiger partial charge in [-0.05, 0) is 36.6 Å². The second-order valence-electron chi connectivity index (χ2n) is 5.05. The van der Waals surface area contributed by atoms with Crippen molar-refractivity contribution in [1.29, 1.82) is 0 Å². The summed E-state index contributed by atoms with van der Waals surface area (Å²) in [6, 6.07) is 3.89. The summed E-state index contributed by atoms with van der Waals surface area (Å²) in [5, 5.41) is 2.55. The quantitative estimate of drug-likeness (QED) is 0.924. The minimum Gasteiger partial charge on any atom is -0.352 e. The van der Waals surface area contributed by atoms with Crippen LogP contribution in [-0.4, -0.2) is 32.4 Å². The Bertz CT molecular complexity index is 623. The maximum atomic E-state index is 12.4. The number of hydrogen-bond donors (Lipinski definition) is 1. The van der Waals surface area contributed by atoms with E-state index in [1.54, 1.807) is 0 Å². The first-order valence-electron chi connectivity index (χ1n) is 6.33. The van der Waals surface area contributed by atoms with E-state index in [-0.39, 0.29) is 29.5 Å². The number of alkyl halides is 3. The van der Waals surface area contributed by atoms with Crippen molar-refractivity contribution in [3.8, 4) is 0 Å². The van der Waals surface area contributed by atoms with Crippen LogP contribution in [0, 0.1) is 5.92 Å². The average Bonchev–Trinajstić information content (AvgIpc) is 2.75. The number of hydrogen-bond acceptors (Lipinski definition) is 3. The molecule has 0 aliphatic carbocycles. The fourth-order valence-corrected chi connectivity index (χ4v) is 4.04. The van der Waals surface area contributed by atoms with Crippen LogP contribution in [0.3, 0.4) is 0 Å². The maximum Gasteiger partial charge on any atom is 0.416 e. The molecule has 21 heavy (non-hydrogen) atoms. The molecule has 4 nitrogen and oxygen atoms in total. The Hall–Kier alpha value is -1.57. The first-order chi connectivity index (χ1) is 9.67. The fourth-order valence-electron chi connectivity index (χ4n) is 2.18. The SMILES string of the molecule is O=C(NCC1CCS(=O)(=O)C1)c1ccc(C(F)(F)F)cc1. The molecule has 0 spiro atoms. The molecule has 1 heterocycles. The van der Waals surface area contributed by atoms with Crippen LogP contribution >= 0.6 is 0 Å². The van der Waals surface area contributed by atoms with Crippen molar-refractivity contribution in [3.05, 3.63) is 35.4 Å². The van der Waals surface area contributed by atoms with Gasteiger partial charge in [-0.25, -0.2) is 8.42 Å². The molecule has 2 rings (SSSR count). The highest BCUT2D eigenvalue weighted by Gasteiger charge is 2.30. The Morgan fingerprint density at radius 2 is 1.86 bits per heavy atom. The molecular weight excluding hydrogens is 307 g/mol. The minimum atomic E-state index is -4.44. The van der Waals surface area contributed by atoms with E-state index in [0.717, 1.165) is 24.3 Å². The minimum absolute atomic E-state index is 0.0420. The maximum absolute atomic E-state index is 12.4. The topological polar surface area (TPSA) is 63.2 Å². The van der Waals surface area contributed by atoms with Crippen molar-refractivity contribution in [1.82, 2.24) is 5.32 Å². The zero-order chi connectivity index (χ0) is 15.7. The number of rotatable bonds is 3. The van der Waals surface area contributed by atoms with E-state index >= 15 is 0 Å². The number of carbonyl (C=O) groups excluding carboxylic acids is 1. The largest absolute Gasteiger partial charge is 0.416 e. The van der Waals surface area contributed by atoms with Gasteiger partial charge in [-0.1, -0.05) is 0 Å². The lowest BCUT2D eigenvalue weighted by atomic mass is 10.1. The normalized spacial score (nSPS) is 21.2. The lowest BCUT2D eigenvalue weighted by Gasteiger charge is -2.10. The third kappa shape index (κ3) is 4.20. The molecule has 1 aliphatic rings. The van der Waals surface area contributed by atoms with Gasteiger partial charge in [0.05, 0.1) is 17.1 Å². The van der Waals surface area contributed by atoms with Gasteiger partial charge in [-0.2, -0.15) is 13.2 Å². The van der Waals surface area contributed by atoms with E-state index in [2.05, 4.69) is 5.32 Å². The molecule has 1 unspecified atom stereocenters. The van der Waals surface area contributed by atoms with Crippen LogP contribution in [0.2, 0.25) is 0 Å². The summed E-state index contributed by atoms with van der Waals surface area (Å²) in [6.45, 7) is 0.207. The van der Waals surface area contributed by atoms with Crippen molar-refractivity contribution < 1.29 is 26.4 Å². The zero-order valence-electron chi connectivity index (χ0n) is 11.0. The van der Waals surface area contributed by atoms with Gasteiger partial charge < -0.3 is 5.32 Å². The van der Waals surface area contributed by atoms with Crippen LogP contribution in [0.25, 0.3) is 0 Å². The molecule has 1 aromatic carbocycles. The molecule has 1 saturated heterocycles. The van der Waals surface area contributed by atoms with Gasteiger partial charge in [0.15, 0.2) is 9.84 Å². The first-order valence-corrected chi connectivity index (χ1v) is 8.15. The molecule has 0 saturated carbocycles. The number of carbonyl (C=O) groups is 1. The number of amides is 1. The Kier molecular flexibility index (Phi) is 4.27. The molecule has 1 aromatic rings. The Morgan fingerprint density at radius 3 is 2.33 bits per heavy atom. The highest BCUT2D eigenvalue weighted by Crippen LogP contribution is 2.29. The van der Waals surface area contributed by atoms with Crippen molar-refractivity contribution >= 4 is 15.7 Å². The van der Waals surface area contributed by atoms with Gasteiger partial charge in [0.2, 0.25) is 0 Å². The predicted octanol–water partition coefficient (Wildman–Crippen LogP) is 1.87. The van der Waals surface area contributed by atoms with Crippen LogP contribution < -0.4 is 5.32 Å². The second kappa shape index (κ2) is 5.67. The monoisotopic (exact) mass is 321 g/mol. The van der Waals surface area contributed by atoms with E-state index in [4.69, 9.17) is 0 Å². The molecule has 1 aliphatic heterocycles. The van der Waals surface area contributed by atoms with E-state index in [1.165, 1.54) is 0 Å². The Balaban J connectivity index is 1.92. The lowest BCUT2D eigenvalue weighted by Crippen LogP contribution is -2.29. The highest BCUT2D eigenvalue weighted by molar-refractivity contribution is 7.91. The van der Waals surface area contributed by atoms with Gasteiger partial charge in [-0.3, -0.25) is 4.79 Å². The van der Waals surface area contributed by atoms with Crippen LogP contribution in [-0.2, 0) is 16.0 Å². The molecule has 8 heteroatoms. The summed E-state index contributed by atoms with van der Waals surface area (Å²) < 4.78 is 59.7. The van der Waals surface area contributed by atoms with E-state index in [0.29, 0.717) is 6.42 Å². The molecule has 0 aromatic heterocycles. The number of benzene rings is 1. The van der Waals surface area contributed by atoms with Gasteiger partial charge in [-0.15, -0.1) is 0 Å². The van der Waals surface area contributed by atoms with Crippen molar-refractivity contribution in [2.75, 3.05) is 18.1 Å². The summed E-state index contributed by atoms with van der Waals surface area (Å²) in [7, 11) is -3.01. The van der Waals surface area contributed by atoms with Crippen molar-refractivity contribution in [2.45, 2.75) is 12.6 Å². The third-order valence-electron chi connectivity index (χ3n) is 3.35. The number of sulfone groups is 1. The average molecular weight is 321 g/mol. The van der Waals surface area contributed by atoms with E-state index < -0.39 is 27.5 Å². The smallest absolute Gasteiger partial charge is 0.352 e. The molecule has 0 bridgehead atoms. The van der Waals surface area contributed by atoms with Crippen LogP contribution in [0.5, 0.6) is 0 Å². The summed E-state index contributed by atoms with van der Waals surface area (Å²) in [5.74, 6) is -0.477. The third-order valence-corrected chi connectivity index (χ3v) is 5.19. The Labute approximate surface area is 120 Å². The molecule has 1 amide bonds. The molecule has 1 N–H and O–H groups in total. The van der Waals surface area contributed by atoms with Crippen LogP contribution in [0.1, 0.15) is 22.3 Å². The second-order valence-corrected chi connectivity index (χ2v) is 7.28. The summed E-state index contributed by atoms with van der Waals surface area (Å²) in [4.78, 5) is 11.8. The van der Waals surface area contributed by atoms with Gasteiger partial charge in [0.1, 0.15) is 0 Å². The van der Waals surface area contributed by atoms with Gasteiger partial charge >= 0.3 is 6.18 Å².